The van der Waals surface area contributed by atoms with E-state index in [-0.39, 0.29) is 0 Å². The molecule has 1 N–H and O–H groups in total. The molecule has 0 saturated heterocycles. The molecule has 28 heavy (non-hydrogen) atoms. The minimum Gasteiger partial charge on any atom is -0.263 e. The largest absolute Gasteiger partial charge is 0.263 e. The lowest BCUT2D eigenvalue weighted by Gasteiger charge is -2.24. The van der Waals surface area contributed by atoms with Crippen LogP contribution in [0, 0.1) is 0 Å². The lowest BCUT2D eigenvalue weighted by atomic mass is 9.84. The van der Waals surface area contributed by atoms with Gasteiger partial charge in [0.25, 0.3) is 0 Å². The van der Waals surface area contributed by atoms with Crippen LogP contribution in [-0.2, 0) is 0 Å². The molecule has 2 heteroatoms. The molecule has 0 amide bonds. The molecule has 148 valence electrons. The van der Waals surface area contributed by atoms with Crippen molar-refractivity contribution in [1.29, 1.82) is 0 Å². The molecule has 1 nitrogen and oxygen atoms in total. The normalized spacial score (nSPS) is 19.9. The fourth-order valence-corrected chi connectivity index (χ4v) is 5.09. The molecule has 0 radical (unpaired) electrons. The zero-order valence-corrected chi connectivity index (χ0v) is 18.1. The van der Waals surface area contributed by atoms with E-state index in [1.54, 1.807) is 23.1 Å². The first-order valence-corrected chi connectivity index (χ1v) is 11.4. The Morgan fingerprint density at radius 1 is 1.00 bits per heavy atom. The van der Waals surface area contributed by atoms with Crippen molar-refractivity contribution in [3.05, 3.63) is 87.6 Å². The number of rotatable bonds is 8. The molecule has 3 rings (SSSR count). The number of allylic oxidation sites excluding steroid dienone is 12. The van der Waals surface area contributed by atoms with Gasteiger partial charge in [0.1, 0.15) is 0 Å². The maximum atomic E-state index is 4.48. The van der Waals surface area contributed by atoms with E-state index in [1.807, 2.05) is 13.1 Å². The van der Waals surface area contributed by atoms with E-state index >= 15 is 0 Å². The molecule has 0 aliphatic heterocycles. The van der Waals surface area contributed by atoms with Crippen molar-refractivity contribution < 1.29 is 0 Å². The summed E-state index contributed by atoms with van der Waals surface area (Å²) < 4.78 is 3.26. The lowest BCUT2D eigenvalue weighted by molar-refractivity contribution is 0.697. The Labute approximate surface area is 175 Å². The van der Waals surface area contributed by atoms with Crippen LogP contribution >= 0.6 is 11.9 Å². The number of hydrogen-bond donors (Lipinski definition) is 1. The zero-order valence-electron chi connectivity index (χ0n) is 17.3. The molecule has 0 atom stereocenters. The van der Waals surface area contributed by atoms with Crippen molar-refractivity contribution >= 4 is 11.9 Å². The lowest BCUT2D eigenvalue weighted by Crippen LogP contribution is -2.06. The molecule has 0 aromatic rings. The molecule has 0 aromatic carbocycles. The first kappa shape index (κ1) is 21.0. The van der Waals surface area contributed by atoms with Crippen LogP contribution in [0.3, 0.4) is 0 Å². The van der Waals surface area contributed by atoms with Gasteiger partial charge in [-0.25, -0.2) is 0 Å². The van der Waals surface area contributed by atoms with Crippen molar-refractivity contribution in [2.24, 2.45) is 0 Å². The summed E-state index contributed by atoms with van der Waals surface area (Å²) in [5.41, 5.74) is 11.6. The predicted molar refractivity (Wildman–Crippen MR) is 125 cm³/mol. The molecular weight excluding hydrogens is 358 g/mol. The predicted octanol–water partition coefficient (Wildman–Crippen LogP) is 7.65. The monoisotopic (exact) mass is 391 g/mol. The van der Waals surface area contributed by atoms with Gasteiger partial charge < -0.3 is 0 Å². The van der Waals surface area contributed by atoms with Gasteiger partial charge in [-0.15, -0.1) is 5.73 Å². The SMILES string of the molecule is C=C=CC1=CC=C(CCC2=CC=C(C(=C)C3=C(SNC)CCCC3)CC2)CC1. The molecule has 0 heterocycles. The van der Waals surface area contributed by atoms with Crippen LogP contribution in [0.1, 0.15) is 64.2 Å². The van der Waals surface area contributed by atoms with E-state index in [2.05, 4.69) is 47.9 Å². The van der Waals surface area contributed by atoms with E-state index < -0.39 is 0 Å². The van der Waals surface area contributed by atoms with Crippen molar-refractivity contribution in [2.45, 2.75) is 64.2 Å². The zero-order chi connectivity index (χ0) is 19.8. The Morgan fingerprint density at radius 2 is 1.71 bits per heavy atom. The Bertz CT molecular complexity index is 809. The summed E-state index contributed by atoms with van der Waals surface area (Å²) in [6.45, 7) is 8.14. The standard InChI is InChI=1S/C26H33NS/c1-4-7-21-10-12-22(13-11-21)14-15-23-16-18-24(19-17-23)20(2)25-8-5-6-9-26(25)28-27-3/h7,10,12,16,18,27H,1-2,5-6,8-9,11,13-15,17,19H2,3H3. The summed E-state index contributed by atoms with van der Waals surface area (Å²) in [5, 5.41) is 0. The Hall–Kier alpha value is -1.73. The third-order valence-corrected chi connectivity index (χ3v) is 6.85. The van der Waals surface area contributed by atoms with Crippen LogP contribution in [0.25, 0.3) is 0 Å². The topological polar surface area (TPSA) is 12.0 Å². The number of nitrogens with one attached hydrogen (secondary N) is 1. The van der Waals surface area contributed by atoms with Crippen molar-refractivity contribution in [1.82, 2.24) is 4.72 Å². The Balaban J connectivity index is 1.59. The van der Waals surface area contributed by atoms with Crippen molar-refractivity contribution in [3.8, 4) is 0 Å². The van der Waals surface area contributed by atoms with Gasteiger partial charge >= 0.3 is 0 Å². The second kappa shape index (κ2) is 10.7. The molecule has 0 unspecified atom stereocenters. The smallest absolute Gasteiger partial charge is 0.00410 e. The average molecular weight is 392 g/mol. The molecule has 0 saturated carbocycles. The fourth-order valence-electron chi connectivity index (χ4n) is 4.24. The van der Waals surface area contributed by atoms with Gasteiger partial charge in [0.05, 0.1) is 0 Å². The minimum atomic E-state index is 1.12. The maximum absolute atomic E-state index is 4.48. The van der Waals surface area contributed by atoms with E-state index in [1.165, 1.54) is 78.6 Å². The molecule has 0 spiro atoms. The van der Waals surface area contributed by atoms with Crippen LogP contribution in [-0.4, -0.2) is 7.05 Å². The summed E-state index contributed by atoms with van der Waals surface area (Å²) in [6, 6.07) is 0. The third-order valence-electron chi connectivity index (χ3n) is 5.95. The second-order valence-electron chi connectivity index (χ2n) is 7.83. The molecule has 0 fully saturated rings. The van der Waals surface area contributed by atoms with Gasteiger partial charge in [-0.3, -0.25) is 4.72 Å². The summed E-state index contributed by atoms with van der Waals surface area (Å²) >= 11 is 1.79. The van der Waals surface area contributed by atoms with Gasteiger partial charge in [0.15, 0.2) is 0 Å². The van der Waals surface area contributed by atoms with E-state index in [0.717, 1.165) is 12.8 Å². The highest BCUT2D eigenvalue weighted by Crippen LogP contribution is 2.39. The van der Waals surface area contributed by atoms with Crippen LogP contribution in [0.15, 0.2) is 87.6 Å². The molecule has 0 aromatic heterocycles. The maximum Gasteiger partial charge on any atom is 0.00410 e. The fraction of sp³-hybridized carbons (Fsp3) is 0.423. The highest BCUT2D eigenvalue weighted by Gasteiger charge is 2.19. The van der Waals surface area contributed by atoms with Gasteiger partial charge in [0, 0.05) is 4.91 Å². The highest BCUT2D eigenvalue weighted by atomic mass is 32.2. The third kappa shape index (κ3) is 5.64. The molecule has 0 bridgehead atoms. The Morgan fingerprint density at radius 3 is 2.32 bits per heavy atom. The van der Waals surface area contributed by atoms with E-state index in [4.69, 9.17) is 0 Å². The first-order chi connectivity index (χ1) is 13.7. The van der Waals surface area contributed by atoms with Gasteiger partial charge in [-0.1, -0.05) is 48.6 Å². The second-order valence-corrected chi connectivity index (χ2v) is 8.93. The minimum absolute atomic E-state index is 1.12. The van der Waals surface area contributed by atoms with Crippen LogP contribution in [0.5, 0.6) is 0 Å². The van der Waals surface area contributed by atoms with Crippen LogP contribution in [0.2, 0.25) is 0 Å². The van der Waals surface area contributed by atoms with Crippen molar-refractivity contribution in [2.75, 3.05) is 7.05 Å². The van der Waals surface area contributed by atoms with Gasteiger partial charge in [0.2, 0.25) is 0 Å². The summed E-state index contributed by atoms with van der Waals surface area (Å²) in [4.78, 5) is 1.50. The summed E-state index contributed by atoms with van der Waals surface area (Å²) in [5.74, 6) is 0. The molecular formula is C26H33NS. The van der Waals surface area contributed by atoms with Gasteiger partial charge in [-0.05, 0) is 112 Å². The van der Waals surface area contributed by atoms with Crippen molar-refractivity contribution in [3.63, 3.8) is 0 Å². The van der Waals surface area contributed by atoms with Crippen LogP contribution in [0.4, 0.5) is 0 Å². The Kier molecular flexibility index (Phi) is 8.03. The summed E-state index contributed by atoms with van der Waals surface area (Å²) in [6.07, 6.45) is 23.2. The summed E-state index contributed by atoms with van der Waals surface area (Å²) in [7, 11) is 2.01. The van der Waals surface area contributed by atoms with Crippen LogP contribution < -0.4 is 4.72 Å². The van der Waals surface area contributed by atoms with E-state index in [0.29, 0.717) is 0 Å². The highest BCUT2D eigenvalue weighted by molar-refractivity contribution is 8.01. The molecule has 3 aliphatic carbocycles. The first-order valence-electron chi connectivity index (χ1n) is 10.6. The average Bonchev–Trinajstić information content (AvgIpc) is 2.74. The van der Waals surface area contributed by atoms with E-state index in [9.17, 15) is 0 Å². The molecule has 3 aliphatic rings. The quantitative estimate of drug-likeness (QED) is 0.337. The number of hydrogen-bond acceptors (Lipinski definition) is 2. The van der Waals surface area contributed by atoms with Gasteiger partial charge in [-0.2, -0.15) is 0 Å².